The molecule has 18 heavy (non-hydrogen) atoms. The van der Waals surface area contributed by atoms with Crippen LogP contribution >= 0.6 is 27.5 Å². The van der Waals surface area contributed by atoms with Gasteiger partial charge in [0.15, 0.2) is 0 Å². The minimum Gasteiger partial charge on any atom is -0.325 e. The number of rotatable bonds is 3. The van der Waals surface area contributed by atoms with Crippen LogP contribution in [0.4, 0.5) is 5.69 Å². The van der Waals surface area contributed by atoms with Crippen molar-refractivity contribution in [3.05, 3.63) is 27.7 Å². The first-order valence-electron chi connectivity index (χ1n) is 6.34. The van der Waals surface area contributed by atoms with Gasteiger partial charge in [0, 0.05) is 5.41 Å². The number of anilines is 1. The van der Waals surface area contributed by atoms with Crippen molar-refractivity contribution in [2.45, 2.75) is 39.0 Å². The molecule has 0 radical (unpaired) electrons. The zero-order valence-electron chi connectivity index (χ0n) is 10.4. The third kappa shape index (κ3) is 2.57. The van der Waals surface area contributed by atoms with Crippen LogP contribution in [0.15, 0.2) is 22.7 Å². The van der Waals surface area contributed by atoms with Crippen LogP contribution in [0.5, 0.6) is 0 Å². The zero-order valence-corrected chi connectivity index (χ0v) is 12.8. The average Bonchev–Trinajstić information content (AvgIpc) is 2.85. The molecule has 2 rings (SSSR count). The highest BCUT2D eigenvalue weighted by Crippen LogP contribution is 2.42. The number of amides is 1. The van der Waals surface area contributed by atoms with E-state index in [0.717, 1.165) is 42.3 Å². The van der Waals surface area contributed by atoms with E-state index in [1.165, 1.54) is 0 Å². The van der Waals surface area contributed by atoms with Crippen molar-refractivity contribution in [1.29, 1.82) is 0 Å². The van der Waals surface area contributed by atoms with Crippen molar-refractivity contribution in [2.24, 2.45) is 5.41 Å². The first-order valence-corrected chi connectivity index (χ1v) is 7.51. The Morgan fingerprint density at radius 3 is 2.72 bits per heavy atom. The highest BCUT2D eigenvalue weighted by molar-refractivity contribution is 9.10. The summed E-state index contributed by atoms with van der Waals surface area (Å²) in [5, 5.41) is 3.63. The summed E-state index contributed by atoms with van der Waals surface area (Å²) in [6, 6.07) is 5.51. The van der Waals surface area contributed by atoms with Gasteiger partial charge in [-0.3, -0.25) is 4.79 Å². The summed E-state index contributed by atoms with van der Waals surface area (Å²) in [6.07, 6.45) is 5.19. The summed E-state index contributed by atoms with van der Waals surface area (Å²) in [5.41, 5.74) is 0.578. The normalized spacial score (nSPS) is 17.7. The van der Waals surface area contributed by atoms with Crippen molar-refractivity contribution in [1.82, 2.24) is 0 Å². The number of carbonyl (C=O) groups excluding carboxylic acids is 1. The van der Waals surface area contributed by atoms with E-state index in [-0.39, 0.29) is 11.3 Å². The Kier molecular flexibility index (Phi) is 4.33. The van der Waals surface area contributed by atoms with Crippen molar-refractivity contribution >= 4 is 39.1 Å². The van der Waals surface area contributed by atoms with E-state index >= 15 is 0 Å². The largest absolute Gasteiger partial charge is 0.325 e. The molecule has 98 valence electrons. The molecule has 0 aliphatic heterocycles. The van der Waals surface area contributed by atoms with E-state index in [4.69, 9.17) is 11.6 Å². The van der Waals surface area contributed by atoms with E-state index in [2.05, 4.69) is 28.2 Å². The molecule has 1 fully saturated rings. The molecule has 0 atom stereocenters. The lowest BCUT2D eigenvalue weighted by atomic mass is 9.82. The number of carbonyl (C=O) groups is 1. The van der Waals surface area contributed by atoms with Gasteiger partial charge in [0.05, 0.1) is 15.2 Å². The minimum absolute atomic E-state index is 0.130. The Bertz CT molecular complexity index is 455. The molecule has 0 unspecified atom stereocenters. The standard InChI is InChI=1S/C14H17BrClNO/c1-2-14(8-3-4-9-14)13(18)17-11-7-5-6-10(16)12(11)15/h5-7H,2-4,8-9H2,1H3,(H,17,18). The van der Waals surface area contributed by atoms with E-state index in [9.17, 15) is 4.79 Å². The van der Waals surface area contributed by atoms with E-state index in [1.54, 1.807) is 6.07 Å². The summed E-state index contributed by atoms with van der Waals surface area (Å²) in [6.45, 7) is 2.10. The maximum atomic E-state index is 12.5. The van der Waals surface area contributed by atoms with Crippen molar-refractivity contribution < 1.29 is 4.79 Å². The molecule has 1 N–H and O–H groups in total. The van der Waals surface area contributed by atoms with Gasteiger partial charge in [-0.15, -0.1) is 0 Å². The van der Waals surface area contributed by atoms with Gasteiger partial charge < -0.3 is 5.32 Å². The van der Waals surface area contributed by atoms with Crippen LogP contribution < -0.4 is 5.32 Å². The molecular formula is C14H17BrClNO. The van der Waals surface area contributed by atoms with Crippen molar-refractivity contribution in [3.8, 4) is 0 Å². The highest BCUT2D eigenvalue weighted by Gasteiger charge is 2.39. The van der Waals surface area contributed by atoms with Gasteiger partial charge in [-0.2, -0.15) is 0 Å². The number of nitrogens with one attached hydrogen (secondary N) is 1. The molecule has 0 bridgehead atoms. The van der Waals surface area contributed by atoms with Crippen LogP contribution in [0.1, 0.15) is 39.0 Å². The third-order valence-electron chi connectivity index (χ3n) is 3.92. The van der Waals surface area contributed by atoms with Crippen LogP contribution in [0.2, 0.25) is 5.02 Å². The Labute approximate surface area is 121 Å². The predicted molar refractivity (Wildman–Crippen MR) is 79.0 cm³/mol. The molecule has 1 amide bonds. The quantitative estimate of drug-likeness (QED) is 0.829. The van der Waals surface area contributed by atoms with Crippen LogP contribution in [0.3, 0.4) is 0 Å². The monoisotopic (exact) mass is 329 g/mol. The molecule has 4 heteroatoms. The maximum absolute atomic E-state index is 12.5. The predicted octanol–water partition coefficient (Wildman–Crippen LogP) is 5.01. The molecule has 1 aliphatic rings. The molecule has 1 aliphatic carbocycles. The Morgan fingerprint density at radius 1 is 1.44 bits per heavy atom. The SMILES string of the molecule is CCC1(C(=O)Nc2cccc(Cl)c2Br)CCCC1. The third-order valence-corrected chi connectivity index (χ3v) is 5.32. The fourth-order valence-corrected chi connectivity index (χ4v) is 3.19. The first-order chi connectivity index (χ1) is 8.59. The zero-order chi connectivity index (χ0) is 13.2. The van der Waals surface area contributed by atoms with Gasteiger partial charge in [-0.1, -0.05) is 37.4 Å². The van der Waals surface area contributed by atoms with Gasteiger partial charge in [0.25, 0.3) is 0 Å². The molecule has 0 aromatic heterocycles. The van der Waals surface area contributed by atoms with Crippen molar-refractivity contribution in [2.75, 3.05) is 5.32 Å². The smallest absolute Gasteiger partial charge is 0.230 e. The summed E-state index contributed by atoms with van der Waals surface area (Å²) < 4.78 is 0.754. The summed E-state index contributed by atoms with van der Waals surface area (Å²) in [7, 11) is 0. The van der Waals surface area contributed by atoms with Crippen LogP contribution in [0, 0.1) is 5.41 Å². The molecule has 0 spiro atoms. The fourth-order valence-electron chi connectivity index (χ4n) is 2.65. The topological polar surface area (TPSA) is 29.1 Å². The number of benzene rings is 1. The van der Waals surface area contributed by atoms with E-state index in [0.29, 0.717) is 5.02 Å². The number of halogens is 2. The number of hydrogen-bond donors (Lipinski definition) is 1. The second-order valence-corrected chi connectivity index (χ2v) is 6.10. The van der Waals surface area contributed by atoms with Gasteiger partial charge in [0.2, 0.25) is 5.91 Å². The van der Waals surface area contributed by atoms with Crippen LogP contribution in [-0.4, -0.2) is 5.91 Å². The van der Waals surface area contributed by atoms with Crippen LogP contribution in [-0.2, 0) is 4.79 Å². The highest BCUT2D eigenvalue weighted by atomic mass is 79.9. The van der Waals surface area contributed by atoms with E-state index in [1.807, 2.05) is 12.1 Å². The Balaban J connectivity index is 2.18. The molecular weight excluding hydrogens is 314 g/mol. The molecule has 1 aromatic carbocycles. The molecule has 1 saturated carbocycles. The molecule has 0 saturated heterocycles. The second kappa shape index (κ2) is 5.62. The van der Waals surface area contributed by atoms with Gasteiger partial charge >= 0.3 is 0 Å². The lowest BCUT2D eigenvalue weighted by Gasteiger charge is -2.26. The summed E-state index contributed by atoms with van der Waals surface area (Å²) >= 11 is 9.44. The van der Waals surface area contributed by atoms with Gasteiger partial charge in [-0.25, -0.2) is 0 Å². The fraction of sp³-hybridized carbons (Fsp3) is 0.500. The van der Waals surface area contributed by atoms with Crippen LogP contribution in [0.25, 0.3) is 0 Å². The van der Waals surface area contributed by atoms with Crippen molar-refractivity contribution in [3.63, 3.8) is 0 Å². The van der Waals surface area contributed by atoms with Gasteiger partial charge in [-0.05, 0) is 47.3 Å². The number of hydrogen-bond acceptors (Lipinski definition) is 1. The Hall–Kier alpha value is -0.540. The second-order valence-electron chi connectivity index (χ2n) is 4.90. The summed E-state index contributed by atoms with van der Waals surface area (Å²) in [4.78, 5) is 12.5. The minimum atomic E-state index is -0.179. The van der Waals surface area contributed by atoms with E-state index < -0.39 is 0 Å². The Morgan fingerprint density at radius 2 is 2.11 bits per heavy atom. The molecule has 0 heterocycles. The first kappa shape index (κ1) is 13.9. The lowest BCUT2D eigenvalue weighted by Crippen LogP contribution is -2.33. The molecule has 2 nitrogen and oxygen atoms in total. The lowest BCUT2D eigenvalue weighted by molar-refractivity contribution is -0.125. The average molecular weight is 331 g/mol. The van der Waals surface area contributed by atoms with Gasteiger partial charge in [0.1, 0.15) is 0 Å². The summed E-state index contributed by atoms with van der Waals surface area (Å²) in [5.74, 6) is 0.130. The maximum Gasteiger partial charge on any atom is 0.230 e. The molecule has 1 aromatic rings.